The molecule has 0 bridgehead atoms. The number of fused-ring (bicyclic) bond motifs is 5. The first kappa shape index (κ1) is 19.5. The van der Waals surface area contributed by atoms with Gasteiger partial charge < -0.3 is 5.11 Å². The largest absolute Gasteiger partial charge is 0.393 e. The standard InChI is InChI=1S/C25H36N2O2/c1-4-27-18(9-12-26-27)13-16-14-22-20-6-5-17-15-19(28)7-10-24(17,2)21(20)8-11-25(22,3)23(16)29/h9,12-13,17,19-22,28H,4-8,10-11,14-15H2,1-3H3/b16-13+/t17-,19-,20-,21+,22+,24-,25-/m0/s1. The van der Waals surface area contributed by atoms with E-state index in [0.717, 1.165) is 55.8 Å². The second-order valence-corrected chi connectivity index (χ2v) is 10.8. The Labute approximate surface area is 174 Å². The summed E-state index contributed by atoms with van der Waals surface area (Å²) in [5.41, 5.74) is 2.27. The summed E-state index contributed by atoms with van der Waals surface area (Å²) in [6.45, 7) is 7.69. The van der Waals surface area contributed by atoms with Crippen LogP contribution < -0.4 is 0 Å². The van der Waals surface area contributed by atoms with Crippen molar-refractivity contribution in [3.05, 3.63) is 23.5 Å². The first-order chi connectivity index (χ1) is 13.9. The number of aryl methyl sites for hydroxylation is 1. The molecule has 4 aliphatic rings. The van der Waals surface area contributed by atoms with Crippen LogP contribution in [0.25, 0.3) is 6.08 Å². The fourth-order valence-corrected chi connectivity index (χ4v) is 7.94. The van der Waals surface area contributed by atoms with Gasteiger partial charge in [-0.2, -0.15) is 5.10 Å². The van der Waals surface area contributed by atoms with E-state index >= 15 is 0 Å². The van der Waals surface area contributed by atoms with Gasteiger partial charge in [-0.3, -0.25) is 9.48 Å². The van der Waals surface area contributed by atoms with Gasteiger partial charge in [-0.05, 0) is 105 Å². The summed E-state index contributed by atoms with van der Waals surface area (Å²) in [5, 5.41) is 14.6. The number of rotatable bonds is 2. The van der Waals surface area contributed by atoms with Crippen molar-refractivity contribution in [2.45, 2.75) is 84.8 Å². The summed E-state index contributed by atoms with van der Waals surface area (Å²) in [6.07, 6.45) is 12.6. The summed E-state index contributed by atoms with van der Waals surface area (Å²) in [4.78, 5) is 13.5. The molecule has 1 aromatic heterocycles. The average molecular weight is 397 g/mol. The van der Waals surface area contributed by atoms with Crippen LogP contribution in [0.4, 0.5) is 0 Å². The highest BCUT2D eigenvalue weighted by molar-refractivity contribution is 6.05. The van der Waals surface area contributed by atoms with Crippen molar-refractivity contribution in [2.75, 3.05) is 0 Å². The molecule has 0 aliphatic heterocycles. The zero-order valence-electron chi connectivity index (χ0n) is 18.2. The monoisotopic (exact) mass is 396 g/mol. The van der Waals surface area contributed by atoms with Gasteiger partial charge in [0.25, 0.3) is 0 Å². The Morgan fingerprint density at radius 2 is 2.03 bits per heavy atom. The fourth-order valence-electron chi connectivity index (χ4n) is 7.94. The van der Waals surface area contributed by atoms with Crippen LogP contribution in [0.15, 0.2) is 17.8 Å². The number of allylic oxidation sites excluding steroid dienone is 1. The normalized spacial score (nSPS) is 45.7. The van der Waals surface area contributed by atoms with Crippen molar-refractivity contribution in [2.24, 2.45) is 34.5 Å². The molecular formula is C25H36N2O2. The summed E-state index contributed by atoms with van der Waals surface area (Å²) >= 11 is 0. The molecule has 0 spiro atoms. The number of Topliss-reactive ketones (excluding diaryl/α,β-unsaturated/α-hetero) is 1. The Morgan fingerprint density at radius 3 is 2.83 bits per heavy atom. The molecule has 0 amide bonds. The smallest absolute Gasteiger partial charge is 0.165 e. The second-order valence-electron chi connectivity index (χ2n) is 10.8. The number of hydrogen-bond donors (Lipinski definition) is 1. The van der Waals surface area contributed by atoms with Crippen LogP contribution in [0, 0.1) is 34.5 Å². The minimum absolute atomic E-state index is 0.0931. The Hall–Kier alpha value is -1.42. The molecule has 1 heterocycles. The van der Waals surface area contributed by atoms with Crippen LogP contribution in [-0.4, -0.2) is 26.8 Å². The molecule has 4 aliphatic carbocycles. The second kappa shape index (κ2) is 6.80. The quantitative estimate of drug-likeness (QED) is 0.726. The predicted octanol–water partition coefficient (Wildman–Crippen LogP) is 4.87. The molecule has 158 valence electrons. The molecule has 29 heavy (non-hydrogen) atoms. The van der Waals surface area contributed by atoms with Crippen LogP contribution in [0.5, 0.6) is 0 Å². The zero-order chi connectivity index (χ0) is 20.4. The van der Waals surface area contributed by atoms with Gasteiger partial charge in [0.15, 0.2) is 5.78 Å². The van der Waals surface area contributed by atoms with Crippen molar-refractivity contribution in [1.29, 1.82) is 0 Å². The Balaban J connectivity index is 1.45. The number of nitrogens with zero attached hydrogens (tertiary/aromatic N) is 2. The highest BCUT2D eigenvalue weighted by Gasteiger charge is 2.61. The average Bonchev–Trinajstić information content (AvgIpc) is 3.25. The van der Waals surface area contributed by atoms with E-state index < -0.39 is 0 Å². The third-order valence-corrected chi connectivity index (χ3v) is 9.65. The highest BCUT2D eigenvalue weighted by atomic mass is 16.3. The lowest BCUT2D eigenvalue weighted by molar-refractivity contribution is -0.141. The first-order valence-corrected chi connectivity index (χ1v) is 11.8. The predicted molar refractivity (Wildman–Crippen MR) is 114 cm³/mol. The lowest BCUT2D eigenvalue weighted by Gasteiger charge is -2.59. The third-order valence-electron chi connectivity index (χ3n) is 9.65. The number of aromatic nitrogens is 2. The molecule has 5 rings (SSSR count). The molecular weight excluding hydrogens is 360 g/mol. The molecule has 1 N–H and O–H groups in total. The third kappa shape index (κ3) is 2.81. The van der Waals surface area contributed by atoms with Gasteiger partial charge in [0.2, 0.25) is 0 Å². The van der Waals surface area contributed by atoms with E-state index in [1.54, 1.807) is 0 Å². The summed E-state index contributed by atoms with van der Waals surface area (Å²) in [6, 6.07) is 2.02. The van der Waals surface area contributed by atoms with Crippen LogP contribution in [0.3, 0.4) is 0 Å². The van der Waals surface area contributed by atoms with E-state index in [1.165, 1.54) is 19.3 Å². The number of aliphatic hydroxyl groups is 1. The van der Waals surface area contributed by atoms with E-state index in [0.29, 0.717) is 29.0 Å². The van der Waals surface area contributed by atoms with Gasteiger partial charge in [-0.15, -0.1) is 0 Å². The van der Waals surface area contributed by atoms with Crippen molar-refractivity contribution in [3.63, 3.8) is 0 Å². The molecule has 0 radical (unpaired) electrons. The Kier molecular flexibility index (Phi) is 4.58. The molecule has 1 aromatic rings. The maximum atomic E-state index is 13.5. The van der Waals surface area contributed by atoms with Gasteiger partial charge in [0.05, 0.1) is 11.8 Å². The minimum atomic E-state index is -0.179. The van der Waals surface area contributed by atoms with Crippen LogP contribution in [-0.2, 0) is 11.3 Å². The SMILES string of the molecule is CCn1nccc1/C=C1\C[C@@H]2[C@H]3CC[C@H]4C[C@@H](O)CC[C@]4(C)[C@@H]3CC[C@]2(C)C1=O. The van der Waals surface area contributed by atoms with E-state index in [9.17, 15) is 9.90 Å². The Morgan fingerprint density at radius 1 is 1.21 bits per heavy atom. The highest BCUT2D eigenvalue weighted by Crippen LogP contribution is 2.66. The van der Waals surface area contributed by atoms with Gasteiger partial charge in [0, 0.05) is 18.2 Å². The summed E-state index contributed by atoms with van der Waals surface area (Å²) < 4.78 is 1.98. The zero-order valence-corrected chi connectivity index (χ0v) is 18.2. The molecule has 4 saturated carbocycles. The minimum Gasteiger partial charge on any atom is -0.393 e. The lowest BCUT2D eigenvalue weighted by Crippen LogP contribution is -2.54. The van der Waals surface area contributed by atoms with Gasteiger partial charge in [-0.25, -0.2) is 0 Å². The van der Waals surface area contributed by atoms with Crippen molar-refractivity contribution in [3.8, 4) is 0 Å². The first-order valence-electron chi connectivity index (χ1n) is 11.8. The van der Waals surface area contributed by atoms with Crippen molar-refractivity contribution < 1.29 is 9.90 Å². The molecule has 4 heteroatoms. The summed E-state index contributed by atoms with van der Waals surface area (Å²) in [7, 11) is 0. The van der Waals surface area contributed by atoms with Crippen LogP contribution in [0.2, 0.25) is 0 Å². The lowest BCUT2D eigenvalue weighted by atomic mass is 9.45. The maximum Gasteiger partial charge on any atom is 0.165 e. The van der Waals surface area contributed by atoms with Gasteiger partial charge >= 0.3 is 0 Å². The fraction of sp³-hybridized carbons (Fsp3) is 0.760. The number of ketones is 1. The van der Waals surface area contributed by atoms with Gasteiger partial charge in [0.1, 0.15) is 0 Å². The summed E-state index contributed by atoms with van der Waals surface area (Å²) in [5.74, 6) is 2.94. The van der Waals surface area contributed by atoms with E-state index in [2.05, 4.69) is 31.9 Å². The number of carbonyl (C=O) groups is 1. The van der Waals surface area contributed by atoms with Crippen molar-refractivity contribution >= 4 is 11.9 Å². The van der Waals surface area contributed by atoms with Gasteiger partial charge in [-0.1, -0.05) is 13.8 Å². The number of hydrogen-bond acceptors (Lipinski definition) is 3. The maximum absolute atomic E-state index is 13.5. The van der Waals surface area contributed by atoms with Crippen LogP contribution >= 0.6 is 0 Å². The molecule has 0 aromatic carbocycles. The topological polar surface area (TPSA) is 55.1 Å². The van der Waals surface area contributed by atoms with E-state index in [1.807, 2.05) is 16.9 Å². The molecule has 4 nitrogen and oxygen atoms in total. The molecule has 0 saturated heterocycles. The van der Waals surface area contributed by atoms with E-state index in [-0.39, 0.29) is 11.5 Å². The molecule has 7 atom stereocenters. The Bertz CT molecular complexity index is 842. The van der Waals surface area contributed by atoms with E-state index in [4.69, 9.17) is 0 Å². The van der Waals surface area contributed by atoms with Crippen molar-refractivity contribution in [1.82, 2.24) is 9.78 Å². The molecule has 4 fully saturated rings. The molecule has 0 unspecified atom stereocenters. The number of carbonyl (C=O) groups excluding carboxylic acids is 1. The van der Waals surface area contributed by atoms with Crippen LogP contribution in [0.1, 0.15) is 77.8 Å². The number of aliphatic hydroxyl groups excluding tert-OH is 1.